The molecule has 0 bridgehead atoms. The number of ether oxygens (including phenoxy) is 2. The van der Waals surface area contributed by atoms with Crippen LogP contribution in [-0.2, 0) is 0 Å². The summed E-state index contributed by atoms with van der Waals surface area (Å²) < 4.78 is 13.9. The van der Waals surface area contributed by atoms with Crippen molar-refractivity contribution in [2.45, 2.75) is 19.1 Å². The number of hydrogen-bond acceptors (Lipinski definition) is 5. The van der Waals surface area contributed by atoms with E-state index in [1.807, 2.05) is 35.0 Å². The number of anilines is 1. The molecule has 0 saturated carbocycles. The van der Waals surface area contributed by atoms with Gasteiger partial charge in [0, 0.05) is 11.1 Å². The van der Waals surface area contributed by atoms with Crippen molar-refractivity contribution in [3.63, 3.8) is 0 Å². The molecule has 32 heavy (non-hydrogen) atoms. The minimum Gasteiger partial charge on any atom is -0.497 e. The Balaban J connectivity index is 1.60. The maximum absolute atomic E-state index is 6.63. The lowest BCUT2D eigenvalue weighted by molar-refractivity contribution is 0.223. The first-order chi connectivity index (χ1) is 15.7. The van der Waals surface area contributed by atoms with Crippen LogP contribution >= 0.6 is 0 Å². The van der Waals surface area contributed by atoms with Crippen LogP contribution in [0, 0.1) is 6.92 Å². The Morgan fingerprint density at radius 3 is 2.47 bits per heavy atom. The van der Waals surface area contributed by atoms with E-state index in [0.29, 0.717) is 0 Å². The Kier molecular flexibility index (Phi) is 4.24. The molecule has 0 spiro atoms. The first-order valence-corrected chi connectivity index (χ1v) is 10.6. The van der Waals surface area contributed by atoms with Crippen molar-refractivity contribution in [3.8, 4) is 11.5 Å². The highest BCUT2D eigenvalue weighted by molar-refractivity contribution is 5.85. The number of benzene rings is 3. The van der Waals surface area contributed by atoms with E-state index in [1.165, 1.54) is 5.56 Å². The van der Waals surface area contributed by atoms with E-state index in [-0.39, 0.29) is 12.1 Å². The summed E-state index contributed by atoms with van der Waals surface area (Å²) in [5.74, 6) is 2.38. The molecule has 0 radical (unpaired) electrons. The van der Waals surface area contributed by atoms with Crippen molar-refractivity contribution in [3.05, 3.63) is 107 Å². The van der Waals surface area contributed by atoms with Crippen molar-refractivity contribution in [1.29, 1.82) is 0 Å². The van der Waals surface area contributed by atoms with E-state index in [0.717, 1.165) is 45.4 Å². The molecule has 3 aromatic carbocycles. The number of rotatable bonds is 3. The Labute approximate surface area is 186 Å². The summed E-state index contributed by atoms with van der Waals surface area (Å²) in [4.78, 5) is 4.48. The predicted octanol–water partition coefficient (Wildman–Crippen LogP) is 5.16. The fourth-order valence-electron chi connectivity index (χ4n) is 4.54. The summed E-state index contributed by atoms with van der Waals surface area (Å²) in [6.45, 7) is 2.10. The highest BCUT2D eigenvalue weighted by atomic mass is 16.5. The summed E-state index contributed by atoms with van der Waals surface area (Å²) in [7, 11) is 1.67. The second-order valence-electron chi connectivity index (χ2n) is 8.06. The molecule has 0 fully saturated rings. The molecule has 2 atom stereocenters. The Hall–Kier alpha value is -4.06. The van der Waals surface area contributed by atoms with Gasteiger partial charge < -0.3 is 14.8 Å². The average Bonchev–Trinajstić information content (AvgIpc) is 3.31. The molecule has 6 nitrogen and oxygen atoms in total. The van der Waals surface area contributed by atoms with Crippen LogP contribution in [0.3, 0.4) is 0 Å². The van der Waals surface area contributed by atoms with Gasteiger partial charge in [-0.05, 0) is 42.3 Å². The molecular weight excluding hydrogens is 400 g/mol. The third kappa shape index (κ3) is 2.87. The fourth-order valence-corrected chi connectivity index (χ4v) is 4.54. The van der Waals surface area contributed by atoms with Gasteiger partial charge in [0.25, 0.3) is 0 Å². The maximum Gasteiger partial charge on any atom is 0.226 e. The summed E-state index contributed by atoms with van der Waals surface area (Å²) >= 11 is 0. The van der Waals surface area contributed by atoms with E-state index in [9.17, 15) is 0 Å². The maximum atomic E-state index is 6.63. The first kappa shape index (κ1) is 18.7. The number of aryl methyl sites for hydroxylation is 1. The number of hydrogen-bond donors (Lipinski definition) is 1. The molecule has 3 heterocycles. The lowest BCUT2D eigenvalue weighted by Crippen LogP contribution is -2.32. The Morgan fingerprint density at radius 1 is 0.938 bits per heavy atom. The second-order valence-corrected chi connectivity index (χ2v) is 8.06. The molecule has 2 aliphatic heterocycles. The number of nitrogens with one attached hydrogen (secondary N) is 1. The van der Waals surface area contributed by atoms with Crippen LogP contribution in [0.1, 0.15) is 34.4 Å². The summed E-state index contributed by atoms with van der Waals surface area (Å²) in [6, 6.07) is 24.6. The largest absolute Gasteiger partial charge is 0.497 e. The number of nitrogens with zero attached hydrogens (tertiary/aromatic N) is 3. The van der Waals surface area contributed by atoms with E-state index in [1.54, 1.807) is 13.4 Å². The van der Waals surface area contributed by atoms with Crippen molar-refractivity contribution in [2.75, 3.05) is 12.4 Å². The monoisotopic (exact) mass is 422 g/mol. The van der Waals surface area contributed by atoms with Gasteiger partial charge >= 0.3 is 0 Å². The predicted molar refractivity (Wildman–Crippen MR) is 123 cm³/mol. The Bertz CT molecular complexity index is 1320. The first-order valence-electron chi connectivity index (χ1n) is 10.6. The lowest BCUT2D eigenvalue weighted by Gasteiger charge is -2.39. The number of para-hydroxylation sites is 1. The molecule has 6 heteroatoms. The highest BCUT2D eigenvalue weighted by Crippen LogP contribution is 2.50. The molecule has 0 saturated heterocycles. The molecule has 6 rings (SSSR count). The lowest BCUT2D eigenvalue weighted by atomic mass is 9.84. The molecule has 158 valence electrons. The molecule has 1 aromatic heterocycles. The third-order valence-corrected chi connectivity index (χ3v) is 6.13. The van der Waals surface area contributed by atoms with Crippen molar-refractivity contribution in [1.82, 2.24) is 14.8 Å². The molecule has 4 aromatic rings. The molecular formula is C26H22N4O2. The van der Waals surface area contributed by atoms with Gasteiger partial charge in [-0.2, -0.15) is 10.1 Å². The normalized spacial score (nSPS) is 18.7. The Morgan fingerprint density at radius 2 is 1.69 bits per heavy atom. The van der Waals surface area contributed by atoms with E-state index in [4.69, 9.17) is 9.47 Å². The minimum absolute atomic E-state index is 0.148. The van der Waals surface area contributed by atoms with Crippen molar-refractivity contribution < 1.29 is 9.47 Å². The second kappa shape index (κ2) is 7.27. The van der Waals surface area contributed by atoms with Gasteiger partial charge in [-0.15, -0.1) is 0 Å². The molecule has 1 N–H and O–H groups in total. The number of fused-ring (bicyclic) bond motifs is 3. The summed E-state index contributed by atoms with van der Waals surface area (Å²) in [5, 5.41) is 8.11. The quantitative estimate of drug-likeness (QED) is 0.494. The van der Waals surface area contributed by atoms with Crippen molar-refractivity contribution >= 4 is 11.6 Å². The van der Waals surface area contributed by atoms with Crippen LogP contribution in [-0.4, -0.2) is 21.9 Å². The highest BCUT2D eigenvalue weighted by Gasteiger charge is 2.40. The number of aromatic nitrogens is 3. The van der Waals surface area contributed by atoms with Gasteiger partial charge in [-0.25, -0.2) is 4.68 Å². The van der Waals surface area contributed by atoms with Gasteiger partial charge in [0.1, 0.15) is 30.0 Å². The zero-order valence-corrected chi connectivity index (χ0v) is 17.8. The van der Waals surface area contributed by atoms with Crippen LogP contribution in [0.4, 0.5) is 5.95 Å². The van der Waals surface area contributed by atoms with Crippen molar-refractivity contribution in [2.24, 2.45) is 0 Å². The smallest absolute Gasteiger partial charge is 0.226 e. The number of methoxy groups -OCH3 is 1. The topological polar surface area (TPSA) is 61.2 Å². The molecule has 0 unspecified atom stereocenters. The van der Waals surface area contributed by atoms with E-state index < -0.39 is 0 Å². The third-order valence-electron chi connectivity index (χ3n) is 6.13. The average molecular weight is 422 g/mol. The van der Waals surface area contributed by atoms with E-state index >= 15 is 0 Å². The fraction of sp³-hybridized carbons (Fsp3) is 0.154. The van der Waals surface area contributed by atoms with Gasteiger partial charge in [0.2, 0.25) is 5.95 Å². The van der Waals surface area contributed by atoms with Crippen LogP contribution in [0.5, 0.6) is 11.5 Å². The minimum atomic E-state index is -0.290. The summed E-state index contributed by atoms with van der Waals surface area (Å²) in [6.07, 6.45) is 1.30. The van der Waals surface area contributed by atoms with Gasteiger partial charge in [0.15, 0.2) is 0 Å². The zero-order chi connectivity index (χ0) is 21.7. The van der Waals surface area contributed by atoms with Crippen LogP contribution < -0.4 is 14.8 Å². The van der Waals surface area contributed by atoms with Crippen LogP contribution in [0.2, 0.25) is 0 Å². The van der Waals surface area contributed by atoms with Crippen LogP contribution in [0.15, 0.2) is 84.7 Å². The SMILES string of the molecule is COc1ccc([C@H]2Oc3ccccc3C3=C2[C@H](c2ccc(C)cc2)n2ncnc2N3)cc1. The van der Waals surface area contributed by atoms with Gasteiger partial charge in [-0.3, -0.25) is 0 Å². The molecule has 0 aliphatic carbocycles. The van der Waals surface area contributed by atoms with Gasteiger partial charge in [0.05, 0.1) is 12.8 Å². The standard InChI is InChI=1S/C26H22N4O2/c1-16-7-9-17(10-8-16)24-22-23(29-26-27-15-28-30(24)26)20-5-3-4-6-21(20)32-25(22)18-11-13-19(31-2)14-12-18/h3-15,24-25H,1-2H3,(H,27,28,29)/t24-,25+/m0/s1. The van der Waals surface area contributed by atoms with Crippen LogP contribution in [0.25, 0.3) is 5.70 Å². The zero-order valence-electron chi connectivity index (χ0n) is 17.8. The van der Waals surface area contributed by atoms with Gasteiger partial charge in [-0.1, -0.05) is 54.1 Å². The molecule has 2 aliphatic rings. The van der Waals surface area contributed by atoms with E-state index in [2.05, 4.69) is 64.8 Å². The summed E-state index contributed by atoms with van der Waals surface area (Å²) in [5.41, 5.74) is 6.56. The molecule has 0 amide bonds.